The van der Waals surface area contributed by atoms with Crippen LogP contribution in [0.1, 0.15) is 31.9 Å². The third-order valence-electron chi connectivity index (χ3n) is 3.14. The number of aliphatic hydroxyl groups excluding tert-OH is 1. The van der Waals surface area contributed by atoms with Crippen molar-refractivity contribution in [2.75, 3.05) is 0 Å². The summed E-state index contributed by atoms with van der Waals surface area (Å²) in [6, 6.07) is 14.2. The Labute approximate surface area is 130 Å². The summed E-state index contributed by atoms with van der Waals surface area (Å²) in [6.07, 6.45) is 0. The molecule has 0 saturated heterocycles. The Kier molecular flexibility index (Phi) is 4.79. The lowest BCUT2D eigenvalue weighted by atomic mass is 9.87. The highest BCUT2D eigenvalue weighted by Crippen LogP contribution is 2.33. The monoisotopic (exact) mass is 306 g/mol. The number of halogens is 1. The molecule has 0 fully saturated rings. The van der Waals surface area contributed by atoms with E-state index in [-0.39, 0.29) is 12.0 Å². The molecule has 0 spiro atoms. The van der Waals surface area contributed by atoms with E-state index in [0.29, 0.717) is 5.02 Å². The first-order valence-corrected chi connectivity index (χ1v) is 7.77. The van der Waals surface area contributed by atoms with Crippen molar-refractivity contribution in [1.82, 2.24) is 0 Å². The Hall–Kier alpha value is -0.960. The van der Waals surface area contributed by atoms with Crippen LogP contribution in [-0.4, -0.2) is 5.11 Å². The summed E-state index contributed by atoms with van der Waals surface area (Å²) >= 11 is 7.60. The van der Waals surface area contributed by atoms with Gasteiger partial charge in [-0.25, -0.2) is 0 Å². The van der Waals surface area contributed by atoms with E-state index in [1.165, 1.54) is 5.56 Å². The lowest BCUT2D eigenvalue weighted by molar-refractivity contribution is 0.279. The third kappa shape index (κ3) is 3.78. The molecular formula is C17H19ClOS. The zero-order valence-corrected chi connectivity index (χ0v) is 13.6. The van der Waals surface area contributed by atoms with Gasteiger partial charge in [0.1, 0.15) is 0 Å². The molecule has 2 aromatic rings. The normalized spacial score (nSPS) is 11.7. The topological polar surface area (TPSA) is 20.2 Å². The van der Waals surface area contributed by atoms with Crippen molar-refractivity contribution < 1.29 is 5.11 Å². The Morgan fingerprint density at radius 1 is 1.05 bits per heavy atom. The summed E-state index contributed by atoms with van der Waals surface area (Å²) in [5, 5.41) is 10.1. The van der Waals surface area contributed by atoms with Crippen LogP contribution in [0.25, 0.3) is 0 Å². The van der Waals surface area contributed by atoms with Crippen LogP contribution in [0.15, 0.2) is 52.3 Å². The van der Waals surface area contributed by atoms with Crippen LogP contribution in [0.2, 0.25) is 5.02 Å². The highest BCUT2D eigenvalue weighted by atomic mass is 35.5. The van der Waals surface area contributed by atoms with E-state index in [9.17, 15) is 5.11 Å². The Balaban J connectivity index is 2.22. The van der Waals surface area contributed by atoms with Gasteiger partial charge in [-0.1, -0.05) is 56.3 Å². The fourth-order valence-electron chi connectivity index (χ4n) is 1.92. The largest absolute Gasteiger partial charge is 0.392 e. The fourth-order valence-corrected chi connectivity index (χ4v) is 3.03. The number of hydrogen-bond donors (Lipinski definition) is 1. The minimum atomic E-state index is 0.00294. The summed E-state index contributed by atoms with van der Waals surface area (Å²) in [5.74, 6) is 0. The van der Waals surface area contributed by atoms with Crippen LogP contribution in [0, 0.1) is 0 Å². The Morgan fingerprint density at radius 3 is 2.25 bits per heavy atom. The highest BCUT2D eigenvalue weighted by molar-refractivity contribution is 7.99. The lowest BCUT2D eigenvalue weighted by Gasteiger charge is -2.19. The van der Waals surface area contributed by atoms with Gasteiger partial charge in [-0.2, -0.15) is 0 Å². The average Bonchev–Trinajstić information content (AvgIpc) is 2.40. The van der Waals surface area contributed by atoms with E-state index in [0.717, 1.165) is 15.4 Å². The second-order valence-electron chi connectivity index (χ2n) is 5.79. The molecule has 0 aromatic heterocycles. The van der Waals surface area contributed by atoms with Gasteiger partial charge in [0.05, 0.1) is 6.61 Å². The molecule has 2 rings (SSSR count). The summed E-state index contributed by atoms with van der Waals surface area (Å²) in [7, 11) is 0. The van der Waals surface area contributed by atoms with Gasteiger partial charge < -0.3 is 5.11 Å². The van der Waals surface area contributed by atoms with Crippen molar-refractivity contribution >= 4 is 23.4 Å². The van der Waals surface area contributed by atoms with Crippen LogP contribution in [0.3, 0.4) is 0 Å². The molecule has 0 radical (unpaired) electrons. The summed E-state index contributed by atoms with van der Waals surface area (Å²) in [5.41, 5.74) is 2.35. The van der Waals surface area contributed by atoms with Gasteiger partial charge in [-0.15, -0.1) is 0 Å². The molecule has 0 atom stereocenters. The van der Waals surface area contributed by atoms with E-state index in [2.05, 4.69) is 45.0 Å². The molecule has 0 aliphatic rings. The molecule has 2 aromatic carbocycles. The lowest BCUT2D eigenvalue weighted by Crippen LogP contribution is -2.10. The van der Waals surface area contributed by atoms with Crippen molar-refractivity contribution in [1.29, 1.82) is 0 Å². The number of benzene rings is 2. The maximum atomic E-state index is 9.40. The van der Waals surface area contributed by atoms with Gasteiger partial charge in [0.2, 0.25) is 0 Å². The summed E-state index contributed by atoms with van der Waals surface area (Å²) in [4.78, 5) is 2.20. The minimum absolute atomic E-state index is 0.00294. The molecule has 0 unspecified atom stereocenters. The molecular weight excluding hydrogens is 288 g/mol. The number of hydrogen-bond acceptors (Lipinski definition) is 2. The first-order chi connectivity index (χ1) is 9.40. The first kappa shape index (κ1) is 15.4. The van der Waals surface area contributed by atoms with E-state index >= 15 is 0 Å². The highest BCUT2D eigenvalue weighted by Gasteiger charge is 2.13. The van der Waals surface area contributed by atoms with Gasteiger partial charge in [0.25, 0.3) is 0 Å². The Morgan fingerprint density at radius 2 is 1.70 bits per heavy atom. The van der Waals surface area contributed by atoms with Crippen LogP contribution in [0.4, 0.5) is 0 Å². The molecule has 0 heterocycles. The SMILES string of the molecule is CC(C)(C)c1ccc(Sc2ccc(Cl)cc2CO)cc1. The van der Waals surface area contributed by atoms with E-state index in [1.54, 1.807) is 11.8 Å². The van der Waals surface area contributed by atoms with E-state index in [1.807, 2.05) is 18.2 Å². The van der Waals surface area contributed by atoms with Crippen molar-refractivity contribution in [3.8, 4) is 0 Å². The molecule has 0 amide bonds. The third-order valence-corrected chi connectivity index (χ3v) is 4.50. The van der Waals surface area contributed by atoms with Gasteiger partial charge in [-0.3, -0.25) is 0 Å². The van der Waals surface area contributed by atoms with Gasteiger partial charge in [0, 0.05) is 14.8 Å². The van der Waals surface area contributed by atoms with Crippen molar-refractivity contribution in [3.63, 3.8) is 0 Å². The molecule has 1 nitrogen and oxygen atoms in total. The van der Waals surface area contributed by atoms with E-state index < -0.39 is 0 Å². The van der Waals surface area contributed by atoms with Crippen LogP contribution in [-0.2, 0) is 12.0 Å². The second kappa shape index (κ2) is 6.21. The zero-order chi connectivity index (χ0) is 14.8. The smallest absolute Gasteiger partial charge is 0.0693 e. The van der Waals surface area contributed by atoms with Gasteiger partial charge in [-0.05, 0) is 46.9 Å². The molecule has 3 heteroatoms. The van der Waals surface area contributed by atoms with E-state index in [4.69, 9.17) is 11.6 Å². The van der Waals surface area contributed by atoms with Crippen molar-refractivity contribution in [3.05, 3.63) is 58.6 Å². The Bertz CT molecular complexity index is 585. The fraction of sp³-hybridized carbons (Fsp3) is 0.294. The number of rotatable bonds is 3. The predicted octanol–water partition coefficient (Wildman–Crippen LogP) is 5.28. The predicted molar refractivity (Wildman–Crippen MR) is 86.6 cm³/mol. The van der Waals surface area contributed by atoms with Crippen LogP contribution < -0.4 is 0 Å². The second-order valence-corrected chi connectivity index (χ2v) is 7.34. The molecule has 0 bridgehead atoms. The quantitative estimate of drug-likeness (QED) is 0.832. The summed E-state index contributed by atoms with van der Waals surface area (Å²) < 4.78 is 0. The van der Waals surface area contributed by atoms with Gasteiger partial charge in [0.15, 0.2) is 0 Å². The maximum Gasteiger partial charge on any atom is 0.0693 e. The molecule has 1 N–H and O–H groups in total. The maximum absolute atomic E-state index is 9.40. The molecule has 106 valence electrons. The summed E-state index contributed by atoms with van der Waals surface area (Å²) in [6.45, 7) is 6.62. The van der Waals surface area contributed by atoms with Crippen LogP contribution >= 0.6 is 23.4 Å². The molecule has 0 aliphatic heterocycles. The van der Waals surface area contributed by atoms with Crippen LogP contribution in [0.5, 0.6) is 0 Å². The molecule has 0 aliphatic carbocycles. The van der Waals surface area contributed by atoms with Crippen molar-refractivity contribution in [2.45, 2.75) is 42.6 Å². The average molecular weight is 307 g/mol. The van der Waals surface area contributed by atoms with Gasteiger partial charge >= 0.3 is 0 Å². The zero-order valence-electron chi connectivity index (χ0n) is 12.0. The van der Waals surface area contributed by atoms with Crippen molar-refractivity contribution in [2.24, 2.45) is 0 Å². The molecule has 0 saturated carbocycles. The first-order valence-electron chi connectivity index (χ1n) is 6.58. The number of aliphatic hydroxyl groups is 1. The molecule has 20 heavy (non-hydrogen) atoms. The standard InChI is InChI=1S/C17H19ClOS/c1-17(2,3)13-4-7-15(8-5-13)20-16-9-6-14(18)10-12(16)11-19/h4-10,19H,11H2,1-3H3. The minimum Gasteiger partial charge on any atom is -0.392 e.